The molecule has 0 bridgehead atoms. The summed E-state index contributed by atoms with van der Waals surface area (Å²) in [6.45, 7) is 0.356. The average molecular weight is 365 g/mol. The van der Waals surface area contributed by atoms with Crippen molar-refractivity contribution in [2.24, 2.45) is 0 Å². The molecule has 0 aromatic heterocycles. The fraction of sp³-hybridized carbons (Fsp3) is 0.882. The topological polar surface area (TPSA) is 147 Å². The number of aliphatic hydroxyl groups excluding tert-OH is 3. The van der Waals surface area contributed by atoms with Gasteiger partial charge in [-0.05, 0) is 12.8 Å². The van der Waals surface area contributed by atoms with Crippen molar-refractivity contribution in [1.29, 1.82) is 0 Å². The predicted molar refractivity (Wildman–Crippen MR) is 94.0 cm³/mol. The first kappa shape index (κ1) is 26.0. The molecule has 0 unspecified atom stereocenters. The molecule has 1 fully saturated rings. The van der Waals surface area contributed by atoms with E-state index < -0.39 is 35.8 Å². The number of nitrogens with one attached hydrogen (secondary N) is 1. The summed E-state index contributed by atoms with van der Waals surface area (Å²) in [5.74, 6) is -1.46. The van der Waals surface area contributed by atoms with Crippen LogP contribution in [0.25, 0.3) is 0 Å². The maximum Gasteiger partial charge on any atom is 0.303 e. The minimum absolute atomic E-state index is 0. The second-order valence-corrected chi connectivity index (χ2v) is 6.23. The largest absolute Gasteiger partial charge is 0.481 e. The van der Waals surface area contributed by atoms with E-state index in [1.165, 1.54) is 0 Å². The van der Waals surface area contributed by atoms with Crippen LogP contribution in [0.3, 0.4) is 0 Å². The molecule has 8 heteroatoms. The van der Waals surface area contributed by atoms with Crippen LogP contribution in [0.1, 0.15) is 66.2 Å². The lowest BCUT2D eigenvalue weighted by Gasteiger charge is -2.39. The molecule has 1 rings (SSSR count). The lowest BCUT2D eigenvalue weighted by molar-refractivity contribution is -0.172. The zero-order chi connectivity index (χ0) is 17.5. The molecule has 0 spiro atoms. The van der Waals surface area contributed by atoms with Gasteiger partial charge in [0.05, 0.1) is 12.2 Å². The van der Waals surface area contributed by atoms with E-state index in [0.717, 1.165) is 19.3 Å². The highest BCUT2D eigenvalue weighted by atomic mass is 16.4. The summed E-state index contributed by atoms with van der Waals surface area (Å²) in [7, 11) is 0. The van der Waals surface area contributed by atoms with E-state index in [4.69, 9.17) is 5.11 Å². The Morgan fingerprint density at radius 1 is 0.920 bits per heavy atom. The molecule has 1 amide bonds. The normalized spacial score (nSPS) is 28.4. The van der Waals surface area contributed by atoms with Gasteiger partial charge in [0.15, 0.2) is 0 Å². The van der Waals surface area contributed by atoms with Gasteiger partial charge in [-0.3, -0.25) is 9.59 Å². The van der Waals surface area contributed by atoms with Gasteiger partial charge in [0.1, 0.15) is 11.7 Å². The molecule has 0 aliphatic heterocycles. The van der Waals surface area contributed by atoms with Gasteiger partial charge in [0, 0.05) is 25.8 Å². The van der Waals surface area contributed by atoms with E-state index in [2.05, 4.69) is 5.32 Å². The Hall–Kier alpha value is -1.22. The Labute approximate surface area is 149 Å². The van der Waals surface area contributed by atoms with Crippen LogP contribution in [0.2, 0.25) is 0 Å². The van der Waals surface area contributed by atoms with E-state index in [1.807, 2.05) is 0 Å². The quantitative estimate of drug-likeness (QED) is 0.324. The van der Waals surface area contributed by atoms with Crippen LogP contribution in [0.5, 0.6) is 0 Å². The van der Waals surface area contributed by atoms with Gasteiger partial charge in [-0.1, -0.05) is 34.1 Å². The maximum absolute atomic E-state index is 12.0. The first-order chi connectivity index (χ1) is 10.8. The van der Waals surface area contributed by atoms with Gasteiger partial charge in [-0.2, -0.15) is 0 Å². The molecule has 6 N–H and O–H groups in total. The van der Waals surface area contributed by atoms with Crippen molar-refractivity contribution in [1.82, 2.24) is 5.32 Å². The molecular weight excluding hydrogens is 330 g/mol. The van der Waals surface area contributed by atoms with Crippen LogP contribution in [-0.2, 0) is 9.59 Å². The molecule has 2 atom stereocenters. The SMILES string of the molecule is C.C.O=C(O)CCCCCCCNC(=O)C1(O)C[C@@H](O)C(O)[C@H](O)C1. The monoisotopic (exact) mass is 365 g/mol. The molecule has 8 nitrogen and oxygen atoms in total. The number of aliphatic hydroxyl groups is 4. The van der Waals surface area contributed by atoms with E-state index in [9.17, 15) is 30.0 Å². The highest BCUT2D eigenvalue weighted by Gasteiger charge is 2.48. The Morgan fingerprint density at radius 3 is 1.92 bits per heavy atom. The second kappa shape index (κ2) is 12.2. The minimum Gasteiger partial charge on any atom is -0.481 e. The van der Waals surface area contributed by atoms with E-state index in [1.54, 1.807) is 0 Å². The van der Waals surface area contributed by atoms with Crippen molar-refractivity contribution in [3.05, 3.63) is 0 Å². The number of carboxylic acids is 1. The molecule has 25 heavy (non-hydrogen) atoms. The van der Waals surface area contributed by atoms with E-state index >= 15 is 0 Å². The second-order valence-electron chi connectivity index (χ2n) is 6.23. The van der Waals surface area contributed by atoms with Crippen LogP contribution >= 0.6 is 0 Å². The zero-order valence-corrected chi connectivity index (χ0v) is 13.1. The lowest BCUT2D eigenvalue weighted by Crippen LogP contribution is -2.59. The fourth-order valence-electron chi connectivity index (χ4n) is 2.76. The van der Waals surface area contributed by atoms with Crippen LogP contribution in [0, 0.1) is 0 Å². The molecule has 1 aliphatic rings. The van der Waals surface area contributed by atoms with Crippen molar-refractivity contribution in [3.63, 3.8) is 0 Å². The van der Waals surface area contributed by atoms with Crippen LogP contribution in [0.15, 0.2) is 0 Å². The number of amides is 1. The Balaban J connectivity index is 0. The highest BCUT2D eigenvalue weighted by molar-refractivity contribution is 5.85. The van der Waals surface area contributed by atoms with E-state index in [0.29, 0.717) is 19.4 Å². The molecular formula is C17H35NO7. The molecule has 0 aromatic carbocycles. The number of aliphatic carboxylic acids is 1. The number of hydrogen-bond donors (Lipinski definition) is 6. The third-order valence-electron chi connectivity index (χ3n) is 4.16. The van der Waals surface area contributed by atoms with Gasteiger partial charge in [0.25, 0.3) is 5.91 Å². The molecule has 0 aromatic rings. The molecule has 1 saturated carbocycles. The van der Waals surface area contributed by atoms with Crippen molar-refractivity contribution in [3.8, 4) is 0 Å². The summed E-state index contributed by atoms with van der Waals surface area (Å²) in [6, 6.07) is 0. The number of unbranched alkanes of at least 4 members (excludes halogenated alkanes) is 4. The summed E-state index contributed by atoms with van der Waals surface area (Å²) in [5.41, 5.74) is -1.88. The fourth-order valence-corrected chi connectivity index (χ4v) is 2.76. The molecule has 0 heterocycles. The minimum atomic E-state index is -1.88. The standard InChI is InChI=1S/C15H27NO7.2CH4/c17-10-8-15(23,9-11(18)13(10)21)14(22)16-7-5-3-1-2-4-6-12(19)20;;/h10-11,13,17-18,21,23H,1-9H2,(H,16,22)(H,19,20);2*1H4/t10-,11-,13?,15?;;/m1../s1. The smallest absolute Gasteiger partial charge is 0.303 e. The van der Waals surface area contributed by atoms with Crippen molar-refractivity contribution < 1.29 is 35.1 Å². The summed E-state index contributed by atoms with van der Waals surface area (Å²) >= 11 is 0. The van der Waals surface area contributed by atoms with Gasteiger partial charge in [-0.15, -0.1) is 0 Å². The number of carboxylic acid groups (broad SMARTS) is 1. The third-order valence-corrected chi connectivity index (χ3v) is 4.16. The average Bonchev–Trinajstić information content (AvgIpc) is 2.46. The highest BCUT2D eigenvalue weighted by Crippen LogP contribution is 2.29. The Kier molecular flexibility index (Phi) is 12.7. The van der Waals surface area contributed by atoms with Crippen LogP contribution in [-0.4, -0.2) is 67.9 Å². The number of hydrogen-bond acceptors (Lipinski definition) is 6. The van der Waals surface area contributed by atoms with Crippen LogP contribution < -0.4 is 5.32 Å². The Morgan fingerprint density at radius 2 is 1.40 bits per heavy atom. The van der Waals surface area contributed by atoms with Crippen LogP contribution in [0.4, 0.5) is 0 Å². The van der Waals surface area contributed by atoms with Crippen molar-refractivity contribution in [2.45, 2.75) is 90.1 Å². The van der Waals surface area contributed by atoms with Gasteiger partial charge < -0.3 is 30.8 Å². The summed E-state index contributed by atoms with van der Waals surface area (Å²) in [5, 5.41) is 49.9. The first-order valence-corrected chi connectivity index (χ1v) is 8.03. The molecule has 1 aliphatic carbocycles. The van der Waals surface area contributed by atoms with Gasteiger partial charge >= 0.3 is 5.97 Å². The molecule has 150 valence electrons. The summed E-state index contributed by atoms with van der Waals surface area (Å²) in [6.07, 6.45) is -0.637. The first-order valence-electron chi connectivity index (χ1n) is 8.03. The summed E-state index contributed by atoms with van der Waals surface area (Å²) < 4.78 is 0. The molecule has 0 saturated heterocycles. The number of rotatable bonds is 9. The zero-order valence-electron chi connectivity index (χ0n) is 13.1. The number of carbonyl (C=O) groups excluding carboxylic acids is 1. The summed E-state index contributed by atoms with van der Waals surface area (Å²) in [4.78, 5) is 22.3. The number of carbonyl (C=O) groups is 2. The van der Waals surface area contributed by atoms with E-state index in [-0.39, 0.29) is 34.1 Å². The van der Waals surface area contributed by atoms with Crippen molar-refractivity contribution >= 4 is 11.9 Å². The van der Waals surface area contributed by atoms with Gasteiger partial charge in [-0.25, -0.2) is 0 Å². The Bertz CT molecular complexity index is 390. The molecule has 0 radical (unpaired) electrons. The maximum atomic E-state index is 12.0. The van der Waals surface area contributed by atoms with Gasteiger partial charge in [0.2, 0.25) is 0 Å². The lowest BCUT2D eigenvalue weighted by atomic mass is 9.79. The third kappa shape index (κ3) is 8.62. The predicted octanol–water partition coefficient (Wildman–Crippen LogP) is 0.408. The van der Waals surface area contributed by atoms with Crippen molar-refractivity contribution in [2.75, 3.05) is 6.54 Å².